The molecule has 28 heavy (non-hydrogen) atoms. The van der Waals surface area contributed by atoms with Gasteiger partial charge in [0.2, 0.25) is 0 Å². The zero-order chi connectivity index (χ0) is 20.3. The Hall–Kier alpha value is -0.760. The van der Waals surface area contributed by atoms with E-state index in [1.54, 1.807) is 6.07 Å². The molecule has 2 nitrogen and oxygen atoms in total. The summed E-state index contributed by atoms with van der Waals surface area (Å²) in [6, 6.07) is 9.35. The molecule has 0 N–H and O–H groups in total. The lowest BCUT2D eigenvalue weighted by molar-refractivity contribution is -0.275. The van der Waals surface area contributed by atoms with Crippen molar-refractivity contribution in [3.8, 4) is 0 Å². The topological polar surface area (TPSA) is 21.6 Å². The van der Waals surface area contributed by atoms with Crippen molar-refractivity contribution < 1.29 is 18.0 Å². The van der Waals surface area contributed by atoms with Crippen LogP contribution in [0.5, 0.6) is 0 Å². The lowest BCUT2D eigenvalue weighted by Crippen LogP contribution is -2.42. The van der Waals surface area contributed by atoms with Crippen molar-refractivity contribution in [2.75, 3.05) is 0 Å². The minimum atomic E-state index is -4.71. The third-order valence-electron chi connectivity index (χ3n) is 5.06. The number of rotatable bonds is 2. The van der Waals surface area contributed by atoms with Gasteiger partial charge in [-0.2, -0.15) is 13.2 Å². The van der Waals surface area contributed by atoms with Gasteiger partial charge >= 0.3 is 6.18 Å². The molecule has 2 aromatic carbocycles. The second-order valence-corrected chi connectivity index (χ2v) is 11.5. The predicted molar refractivity (Wildman–Crippen MR) is 111 cm³/mol. The van der Waals surface area contributed by atoms with Gasteiger partial charge in [0.05, 0.1) is 5.71 Å². The fourth-order valence-corrected chi connectivity index (χ4v) is 5.25. The molecular formula is C19H12Br2Cl2F3NO. The number of halogens is 7. The van der Waals surface area contributed by atoms with E-state index in [4.69, 9.17) is 28.0 Å². The molecule has 0 spiro atoms. The van der Waals surface area contributed by atoms with Gasteiger partial charge in [0, 0.05) is 22.0 Å². The summed E-state index contributed by atoms with van der Waals surface area (Å²) in [7, 11) is 0. The quantitative estimate of drug-likeness (QED) is 0.351. The molecule has 0 aromatic heterocycles. The van der Waals surface area contributed by atoms with E-state index < -0.39 is 18.2 Å². The van der Waals surface area contributed by atoms with Crippen LogP contribution in [0, 0.1) is 0 Å². The Kier molecular flexibility index (Phi) is 5.05. The van der Waals surface area contributed by atoms with Crippen LogP contribution in [-0.2, 0) is 20.1 Å². The van der Waals surface area contributed by atoms with E-state index in [9.17, 15) is 13.2 Å². The van der Waals surface area contributed by atoms with Crippen molar-refractivity contribution in [3.05, 3.63) is 68.7 Å². The van der Waals surface area contributed by atoms with Crippen LogP contribution in [0.1, 0.15) is 35.1 Å². The zero-order valence-corrected chi connectivity index (χ0v) is 18.8. The normalized spacial score (nSPS) is 23.3. The highest BCUT2D eigenvalue weighted by atomic mass is 79.9. The molecule has 1 aliphatic heterocycles. The predicted octanol–water partition coefficient (Wildman–Crippen LogP) is 7.46. The lowest BCUT2D eigenvalue weighted by Gasteiger charge is -2.29. The number of aryl methyl sites for hydroxylation is 1. The van der Waals surface area contributed by atoms with Crippen molar-refractivity contribution in [1.29, 1.82) is 0 Å². The van der Waals surface area contributed by atoms with Crippen LogP contribution in [0.25, 0.3) is 0 Å². The molecule has 1 aliphatic carbocycles. The standard InChI is InChI=1S/C19H12Br2Cl2F3NO/c20-18(21)4-3-10-1-2-11(5-15(10)18)16-9-17(28-27-16,19(24,25)26)12-6-13(22)8-14(23)7-12/h1-2,5-8H,3-4,9H2. The van der Waals surface area contributed by atoms with Crippen LogP contribution in [0.4, 0.5) is 13.2 Å². The highest BCUT2D eigenvalue weighted by Gasteiger charge is 2.62. The molecule has 0 saturated heterocycles. The highest BCUT2D eigenvalue weighted by Crippen LogP contribution is 2.51. The first-order valence-electron chi connectivity index (χ1n) is 8.32. The molecule has 0 radical (unpaired) electrons. The SMILES string of the molecule is FC(F)(F)C1(c2cc(Cl)cc(Cl)c2)CC(c2ccc3c(c2)C(Br)(Br)CC3)=NO1. The summed E-state index contributed by atoms with van der Waals surface area (Å²) < 4.78 is 41.9. The Balaban J connectivity index is 1.74. The summed E-state index contributed by atoms with van der Waals surface area (Å²) >= 11 is 19.1. The maximum Gasteiger partial charge on any atom is 0.435 e. The molecule has 4 rings (SSSR count). The van der Waals surface area contributed by atoms with E-state index in [2.05, 4.69) is 37.0 Å². The van der Waals surface area contributed by atoms with Gasteiger partial charge in [0.1, 0.15) is 3.23 Å². The van der Waals surface area contributed by atoms with Gasteiger partial charge in [-0.15, -0.1) is 0 Å². The molecule has 9 heteroatoms. The van der Waals surface area contributed by atoms with Gasteiger partial charge in [-0.25, -0.2) is 0 Å². The number of oxime groups is 1. The molecule has 1 heterocycles. The minimum absolute atomic E-state index is 0.101. The molecule has 0 fully saturated rings. The number of alkyl halides is 5. The summed E-state index contributed by atoms with van der Waals surface area (Å²) in [4.78, 5) is 5.06. The maximum atomic E-state index is 14.1. The van der Waals surface area contributed by atoms with E-state index in [-0.39, 0.29) is 24.6 Å². The van der Waals surface area contributed by atoms with Crippen LogP contribution in [0.3, 0.4) is 0 Å². The largest absolute Gasteiger partial charge is 0.435 e. The first-order chi connectivity index (χ1) is 13.0. The molecular weight excluding hydrogens is 546 g/mol. The molecule has 1 unspecified atom stereocenters. The molecule has 2 aromatic rings. The Morgan fingerprint density at radius 3 is 2.36 bits per heavy atom. The molecule has 148 valence electrons. The Morgan fingerprint density at radius 2 is 1.71 bits per heavy atom. The van der Waals surface area contributed by atoms with Crippen LogP contribution < -0.4 is 0 Å². The summed E-state index contributed by atoms with van der Waals surface area (Å²) in [6.45, 7) is 0. The van der Waals surface area contributed by atoms with E-state index in [0.717, 1.165) is 24.0 Å². The summed E-state index contributed by atoms with van der Waals surface area (Å²) in [5.41, 5.74) is 0.133. The second-order valence-electron chi connectivity index (χ2n) is 6.87. The number of hydrogen-bond donors (Lipinski definition) is 0. The second kappa shape index (κ2) is 6.89. The molecule has 0 amide bonds. The molecule has 0 bridgehead atoms. The van der Waals surface area contributed by atoms with Crippen LogP contribution >= 0.6 is 55.1 Å². The van der Waals surface area contributed by atoms with E-state index in [0.29, 0.717) is 5.56 Å². The number of fused-ring (bicyclic) bond motifs is 1. The highest BCUT2D eigenvalue weighted by molar-refractivity contribution is 9.24. The first kappa shape index (κ1) is 20.5. The summed E-state index contributed by atoms with van der Waals surface area (Å²) in [5.74, 6) is 0. The number of hydrogen-bond acceptors (Lipinski definition) is 2. The third kappa shape index (κ3) is 3.38. The van der Waals surface area contributed by atoms with Gasteiger partial charge in [0.25, 0.3) is 5.60 Å². The molecule has 2 aliphatic rings. The van der Waals surface area contributed by atoms with Crippen LogP contribution in [0.15, 0.2) is 41.6 Å². The Morgan fingerprint density at radius 1 is 1.04 bits per heavy atom. The van der Waals surface area contributed by atoms with Crippen molar-refractivity contribution in [1.82, 2.24) is 0 Å². The van der Waals surface area contributed by atoms with Gasteiger partial charge < -0.3 is 4.84 Å². The Labute approximate surface area is 186 Å². The van der Waals surface area contributed by atoms with Gasteiger partial charge in [-0.1, -0.05) is 72.4 Å². The number of benzene rings is 2. The number of nitrogens with zero attached hydrogens (tertiary/aromatic N) is 1. The van der Waals surface area contributed by atoms with E-state index >= 15 is 0 Å². The monoisotopic (exact) mass is 555 g/mol. The van der Waals surface area contributed by atoms with Crippen molar-refractivity contribution in [3.63, 3.8) is 0 Å². The third-order valence-corrected chi connectivity index (χ3v) is 7.14. The molecule has 1 atom stereocenters. The van der Waals surface area contributed by atoms with Crippen molar-refractivity contribution in [2.24, 2.45) is 5.16 Å². The minimum Gasteiger partial charge on any atom is -0.374 e. The van der Waals surface area contributed by atoms with Crippen molar-refractivity contribution in [2.45, 2.75) is 34.3 Å². The fraction of sp³-hybridized carbons (Fsp3) is 0.316. The average Bonchev–Trinajstić information content (AvgIpc) is 3.16. The van der Waals surface area contributed by atoms with Gasteiger partial charge in [0.15, 0.2) is 0 Å². The van der Waals surface area contributed by atoms with E-state index in [1.807, 2.05) is 12.1 Å². The van der Waals surface area contributed by atoms with Gasteiger partial charge in [-0.05, 0) is 53.8 Å². The summed E-state index contributed by atoms with van der Waals surface area (Å²) in [5, 5.41) is 4.02. The van der Waals surface area contributed by atoms with E-state index in [1.165, 1.54) is 18.2 Å². The van der Waals surface area contributed by atoms with Crippen LogP contribution in [-0.4, -0.2) is 11.9 Å². The maximum absolute atomic E-state index is 14.1. The first-order valence-corrected chi connectivity index (χ1v) is 10.7. The Bertz CT molecular complexity index is 973. The smallest absolute Gasteiger partial charge is 0.374 e. The fourth-order valence-electron chi connectivity index (χ4n) is 3.59. The lowest BCUT2D eigenvalue weighted by atomic mass is 9.86. The van der Waals surface area contributed by atoms with Gasteiger partial charge in [-0.3, -0.25) is 0 Å². The zero-order valence-electron chi connectivity index (χ0n) is 14.1. The molecule has 0 saturated carbocycles. The van der Waals surface area contributed by atoms with Crippen molar-refractivity contribution >= 4 is 60.8 Å². The van der Waals surface area contributed by atoms with Crippen LogP contribution in [0.2, 0.25) is 10.0 Å². The summed E-state index contributed by atoms with van der Waals surface area (Å²) in [6.07, 6.45) is -3.45. The average molecular weight is 558 g/mol.